The predicted octanol–water partition coefficient (Wildman–Crippen LogP) is 3.71. The molecule has 0 bridgehead atoms. The highest BCUT2D eigenvalue weighted by molar-refractivity contribution is 7.10. The van der Waals surface area contributed by atoms with Crippen LogP contribution >= 0.6 is 11.3 Å². The van der Waals surface area contributed by atoms with Crippen LogP contribution in [0.3, 0.4) is 0 Å². The number of fused-ring (bicyclic) bond motifs is 3. The summed E-state index contributed by atoms with van der Waals surface area (Å²) in [6, 6.07) is 11.2. The average molecular weight is 382 g/mol. The molecule has 1 amide bonds. The Morgan fingerprint density at radius 2 is 2.04 bits per heavy atom. The lowest BCUT2D eigenvalue weighted by molar-refractivity contribution is -0.140. The molecule has 1 aliphatic rings. The summed E-state index contributed by atoms with van der Waals surface area (Å²) in [6.45, 7) is 0.209. The van der Waals surface area contributed by atoms with Crippen molar-refractivity contribution in [2.24, 2.45) is 0 Å². The Labute approximate surface area is 160 Å². The molecule has 6 nitrogen and oxygen atoms in total. The molecule has 0 fully saturated rings. The van der Waals surface area contributed by atoms with Crippen molar-refractivity contribution in [3.05, 3.63) is 57.9 Å². The van der Waals surface area contributed by atoms with E-state index in [4.69, 9.17) is 9.26 Å². The maximum atomic E-state index is 13.3. The summed E-state index contributed by atoms with van der Waals surface area (Å²) in [5.74, 6) is 0.0458. The molecule has 0 saturated heterocycles. The fraction of sp³-hybridized carbons (Fsp3) is 0.250. The van der Waals surface area contributed by atoms with Gasteiger partial charge in [-0.25, -0.2) is 0 Å². The third-order valence-electron chi connectivity index (χ3n) is 4.66. The Hall–Kier alpha value is -2.93. The van der Waals surface area contributed by atoms with Crippen molar-refractivity contribution in [3.63, 3.8) is 0 Å². The molecule has 3 aromatic rings. The van der Waals surface area contributed by atoms with Crippen LogP contribution in [-0.4, -0.2) is 30.7 Å². The summed E-state index contributed by atoms with van der Waals surface area (Å²) in [6.07, 6.45) is 1.69. The van der Waals surface area contributed by atoms with Crippen LogP contribution in [0.1, 0.15) is 27.3 Å². The van der Waals surface area contributed by atoms with E-state index in [1.165, 1.54) is 12.0 Å². The molecule has 7 heteroatoms. The zero-order chi connectivity index (χ0) is 18.8. The standard InChI is InChI=1S/C20H18N2O4S/c1-25-17(23)9-11-22(13-5-3-2-4-6-13)20(24)18-15-7-8-16-14(10-12-27-16)19(15)26-21-18/h2-6,10,12H,7-9,11H2,1H3. The second-order valence-corrected chi connectivity index (χ2v) is 7.22. The number of thiophene rings is 1. The van der Waals surface area contributed by atoms with Gasteiger partial charge in [0.2, 0.25) is 0 Å². The van der Waals surface area contributed by atoms with Gasteiger partial charge in [-0.3, -0.25) is 9.59 Å². The molecule has 27 heavy (non-hydrogen) atoms. The van der Waals surface area contributed by atoms with Crippen LogP contribution in [0.2, 0.25) is 0 Å². The highest BCUT2D eigenvalue weighted by atomic mass is 32.1. The van der Waals surface area contributed by atoms with Gasteiger partial charge in [-0.1, -0.05) is 23.4 Å². The number of rotatable bonds is 5. The SMILES string of the molecule is COC(=O)CCN(C(=O)c1noc2c1CCc1sccc1-2)c1ccccc1. The number of hydrogen-bond acceptors (Lipinski definition) is 6. The molecular formula is C20H18N2O4S. The van der Waals surface area contributed by atoms with E-state index in [0.29, 0.717) is 23.6 Å². The first-order valence-corrected chi connectivity index (χ1v) is 9.56. The summed E-state index contributed by atoms with van der Waals surface area (Å²) in [5.41, 5.74) is 2.88. The Morgan fingerprint density at radius 1 is 1.22 bits per heavy atom. The van der Waals surface area contributed by atoms with Crippen molar-refractivity contribution in [2.45, 2.75) is 19.3 Å². The third kappa shape index (κ3) is 3.26. The molecule has 0 atom stereocenters. The Morgan fingerprint density at radius 3 is 2.81 bits per heavy atom. The Balaban J connectivity index is 1.68. The summed E-state index contributed by atoms with van der Waals surface area (Å²) in [7, 11) is 1.34. The van der Waals surface area contributed by atoms with Crippen molar-refractivity contribution >= 4 is 28.9 Å². The molecule has 0 unspecified atom stereocenters. The highest BCUT2D eigenvalue weighted by Crippen LogP contribution is 2.38. The first-order valence-electron chi connectivity index (χ1n) is 8.68. The van der Waals surface area contributed by atoms with Crippen LogP contribution in [0.25, 0.3) is 11.3 Å². The van der Waals surface area contributed by atoms with Gasteiger partial charge >= 0.3 is 5.97 Å². The molecule has 0 radical (unpaired) electrons. The van der Waals surface area contributed by atoms with Gasteiger partial charge in [0, 0.05) is 28.2 Å². The molecule has 0 aliphatic heterocycles. The number of benzene rings is 1. The van der Waals surface area contributed by atoms with Gasteiger partial charge in [-0.15, -0.1) is 11.3 Å². The van der Waals surface area contributed by atoms with Crippen LogP contribution in [0.5, 0.6) is 0 Å². The number of aromatic nitrogens is 1. The summed E-state index contributed by atoms with van der Waals surface area (Å²) in [5, 5.41) is 6.12. The minimum Gasteiger partial charge on any atom is -0.469 e. The number of para-hydroxylation sites is 1. The second kappa shape index (κ2) is 7.36. The predicted molar refractivity (Wildman–Crippen MR) is 102 cm³/mol. The minimum absolute atomic E-state index is 0.103. The molecule has 0 spiro atoms. The van der Waals surface area contributed by atoms with Gasteiger partial charge < -0.3 is 14.2 Å². The van der Waals surface area contributed by atoms with Crippen LogP contribution < -0.4 is 4.90 Å². The molecule has 1 aromatic carbocycles. The number of ether oxygens (including phenoxy) is 1. The molecule has 0 saturated carbocycles. The number of nitrogens with zero attached hydrogens (tertiary/aromatic N) is 2. The van der Waals surface area contributed by atoms with Crippen LogP contribution in [-0.2, 0) is 22.4 Å². The normalized spacial score (nSPS) is 12.2. The monoisotopic (exact) mass is 382 g/mol. The van der Waals surface area contributed by atoms with Gasteiger partial charge in [0.05, 0.1) is 13.5 Å². The molecule has 138 valence electrons. The lowest BCUT2D eigenvalue weighted by Gasteiger charge is -2.22. The van der Waals surface area contributed by atoms with Crippen LogP contribution in [0, 0.1) is 0 Å². The largest absolute Gasteiger partial charge is 0.469 e. The lowest BCUT2D eigenvalue weighted by Crippen LogP contribution is -2.34. The Kier molecular flexibility index (Phi) is 4.77. The van der Waals surface area contributed by atoms with Crippen molar-refractivity contribution in [2.75, 3.05) is 18.6 Å². The lowest BCUT2D eigenvalue weighted by atomic mass is 9.95. The van der Waals surface area contributed by atoms with E-state index in [2.05, 4.69) is 5.16 Å². The quantitative estimate of drug-likeness (QED) is 0.629. The van der Waals surface area contributed by atoms with Gasteiger partial charge in [0.15, 0.2) is 11.5 Å². The Bertz CT molecular complexity index is 977. The number of methoxy groups -OCH3 is 1. The zero-order valence-corrected chi connectivity index (χ0v) is 15.6. The summed E-state index contributed by atoms with van der Waals surface area (Å²) >= 11 is 1.69. The molecular weight excluding hydrogens is 364 g/mol. The summed E-state index contributed by atoms with van der Waals surface area (Å²) in [4.78, 5) is 27.7. The number of anilines is 1. The minimum atomic E-state index is -0.367. The van der Waals surface area contributed by atoms with Crippen molar-refractivity contribution in [1.29, 1.82) is 0 Å². The molecule has 0 N–H and O–H groups in total. The third-order valence-corrected chi connectivity index (χ3v) is 5.64. The molecule has 2 aromatic heterocycles. The number of hydrogen-bond donors (Lipinski definition) is 0. The number of amides is 1. The van der Waals surface area contributed by atoms with Crippen molar-refractivity contribution in [3.8, 4) is 11.3 Å². The molecule has 2 heterocycles. The topological polar surface area (TPSA) is 72.6 Å². The van der Waals surface area contributed by atoms with E-state index in [0.717, 1.165) is 17.5 Å². The van der Waals surface area contributed by atoms with E-state index in [9.17, 15) is 9.59 Å². The van der Waals surface area contributed by atoms with E-state index in [1.807, 2.05) is 41.8 Å². The number of carbonyl (C=O) groups is 2. The number of aryl methyl sites for hydroxylation is 1. The first-order chi connectivity index (χ1) is 13.2. The van der Waals surface area contributed by atoms with E-state index >= 15 is 0 Å². The average Bonchev–Trinajstić information content (AvgIpc) is 3.34. The molecule has 4 rings (SSSR count). The molecule has 1 aliphatic carbocycles. The van der Waals surface area contributed by atoms with Crippen molar-refractivity contribution in [1.82, 2.24) is 5.16 Å². The van der Waals surface area contributed by atoms with E-state index < -0.39 is 0 Å². The zero-order valence-electron chi connectivity index (χ0n) is 14.8. The fourth-order valence-electron chi connectivity index (χ4n) is 3.28. The van der Waals surface area contributed by atoms with Crippen molar-refractivity contribution < 1.29 is 18.8 Å². The van der Waals surface area contributed by atoms with E-state index in [-0.39, 0.29) is 24.8 Å². The summed E-state index contributed by atoms with van der Waals surface area (Å²) < 4.78 is 10.3. The van der Waals surface area contributed by atoms with Gasteiger partial charge in [0.25, 0.3) is 5.91 Å². The van der Waals surface area contributed by atoms with Crippen LogP contribution in [0.15, 0.2) is 46.3 Å². The van der Waals surface area contributed by atoms with Crippen LogP contribution in [0.4, 0.5) is 5.69 Å². The van der Waals surface area contributed by atoms with Gasteiger partial charge in [0.1, 0.15) is 0 Å². The second-order valence-electron chi connectivity index (χ2n) is 6.21. The fourth-order valence-corrected chi connectivity index (χ4v) is 4.16. The first kappa shape index (κ1) is 17.5. The maximum absolute atomic E-state index is 13.3. The maximum Gasteiger partial charge on any atom is 0.307 e. The van der Waals surface area contributed by atoms with Gasteiger partial charge in [-0.2, -0.15) is 0 Å². The highest BCUT2D eigenvalue weighted by Gasteiger charge is 2.31. The van der Waals surface area contributed by atoms with Gasteiger partial charge in [-0.05, 0) is 36.4 Å². The number of carbonyl (C=O) groups excluding carboxylic acids is 2. The van der Waals surface area contributed by atoms with E-state index in [1.54, 1.807) is 16.2 Å². The smallest absolute Gasteiger partial charge is 0.307 e. The number of esters is 1.